The van der Waals surface area contributed by atoms with Gasteiger partial charge in [0.15, 0.2) is 0 Å². The summed E-state index contributed by atoms with van der Waals surface area (Å²) in [6, 6.07) is 12.9. The zero-order valence-electron chi connectivity index (χ0n) is 17.8. The number of amides is 2. The molecule has 0 aliphatic carbocycles. The van der Waals surface area contributed by atoms with E-state index < -0.39 is 17.8 Å². The number of hydrogen-bond acceptors (Lipinski definition) is 5. The number of pyridine rings is 1. The molecule has 1 heterocycles. The topological polar surface area (TPSA) is 89.6 Å². The Labute approximate surface area is 182 Å². The molecule has 0 fully saturated rings. The van der Waals surface area contributed by atoms with E-state index in [-0.39, 0.29) is 19.7 Å². The lowest BCUT2D eigenvalue weighted by atomic mass is 10.2. The molecule has 2 aromatic rings. The third kappa shape index (κ3) is 10.4. The van der Waals surface area contributed by atoms with Gasteiger partial charge in [-0.05, 0) is 44.4 Å². The van der Waals surface area contributed by atoms with Crippen molar-refractivity contribution in [3.8, 4) is 23.7 Å². The fourth-order valence-corrected chi connectivity index (χ4v) is 2.18. The Hall–Kier alpha value is -3.97. The zero-order valence-corrected chi connectivity index (χ0v) is 17.8. The van der Waals surface area contributed by atoms with Gasteiger partial charge in [-0.2, -0.15) is 0 Å². The number of nitrogens with one attached hydrogen (secondary N) is 2. The summed E-state index contributed by atoms with van der Waals surface area (Å²) in [7, 11) is 0. The summed E-state index contributed by atoms with van der Waals surface area (Å²) >= 11 is 0. The molecule has 0 aliphatic heterocycles. The molecule has 7 heteroatoms. The van der Waals surface area contributed by atoms with Crippen molar-refractivity contribution in [1.82, 2.24) is 15.6 Å². The van der Waals surface area contributed by atoms with Crippen LogP contribution in [-0.4, -0.2) is 35.9 Å². The van der Waals surface area contributed by atoms with E-state index in [1.807, 2.05) is 30.3 Å². The Balaban J connectivity index is 1.75. The summed E-state index contributed by atoms with van der Waals surface area (Å²) in [5.41, 5.74) is 1.59. The first-order valence-electron chi connectivity index (χ1n) is 9.67. The molecule has 0 atom stereocenters. The van der Waals surface area contributed by atoms with Crippen LogP contribution in [0.1, 0.15) is 37.6 Å². The van der Waals surface area contributed by atoms with Crippen LogP contribution >= 0.6 is 0 Å². The van der Waals surface area contributed by atoms with Crippen molar-refractivity contribution >= 4 is 12.2 Å². The Bertz CT molecular complexity index is 1010. The van der Waals surface area contributed by atoms with Crippen LogP contribution in [0.25, 0.3) is 0 Å². The maximum absolute atomic E-state index is 11.7. The van der Waals surface area contributed by atoms with Crippen molar-refractivity contribution in [3.05, 3.63) is 65.5 Å². The van der Waals surface area contributed by atoms with Crippen LogP contribution in [-0.2, 0) is 16.1 Å². The molecule has 0 saturated carbocycles. The molecular weight excluding hydrogens is 394 g/mol. The molecule has 0 saturated heterocycles. The van der Waals surface area contributed by atoms with Gasteiger partial charge < -0.3 is 20.1 Å². The summed E-state index contributed by atoms with van der Waals surface area (Å²) < 4.78 is 10.2. The van der Waals surface area contributed by atoms with E-state index in [1.54, 1.807) is 39.1 Å². The lowest BCUT2D eigenvalue weighted by Gasteiger charge is -2.18. The van der Waals surface area contributed by atoms with Gasteiger partial charge in [0.2, 0.25) is 0 Å². The second-order valence-corrected chi connectivity index (χ2v) is 7.30. The van der Waals surface area contributed by atoms with Gasteiger partial charge in [0.05, 0.1) is 13.1 Å². The Morgan fingerprint density at radius 3 is 2.35 bits per heavy atom. The number of benzene rings is 1. The largest absolute Gasteiger partial charge is 0.445 e. The molecule has 0 radical (unpaired) electrons. The Kier molecular flexibility index (Phi) is 8.94. The van der Waals surface area contributed by atoms with E-state index in [2.05, 4.69) is 39.3 Å². The highest BCUT2D eigenvalue weighted by Crippen LogP contribution is 2.06. The maximum atomic E-state index is 11.7. The minimum Gasteiger partial charge on any atom is -0.445 e. The third-order valence-electron chi connectivity index (χ3n) is 3.46. The predicted octanol–water partition coefficient (Wildman–Crippen LogP) is 3.24. The van der Waals surface area contributed by atoms with Crippen molar-refractivity contribution in [3.63, 3.8) is 0 Å². The van der Waals surface area contributed by atoms with Crippen molar-refractivity contribution in [2.24, 2.45) is 0 Å². The van der Waals surface area contributed by atoms with Gasteiger partial charge in [0.1, 0.15) is 17.9 Å². The second kappa shape index (κ2) is 11.9. The lowest BCUT2D eigenvalue weighted by molar-refractivity contribution is 0.0535. The van der Waals surface area contributed by atoms with E-state index >= 15 is 0 Å². The van der Waals surface area contributed by atoms with Gasteiger partial charge in [-0.3, -0.25) is 0 Å². The monoisotopic (exact) mass is 419 g/mol. The van der Waals surface area contributed by atoms with Crippen molar-refractivity contribution in [2.45, 2.75) is 33.0 Å². The number of hydrogen-bond donors (Lipinski definition) is 2. The number of rotatable bonds is 4. The van der Waals surface area contributed by atoms with Crippen LogP contribution < -0.4 is 10.6 Å². The SMILES string of the molecule is CC(C)(C)OC(=O)NCC#Cc1cc(C#CCNC(=O)OCc2ccccc2)ccn1. The van der Waals surface area contributed by atoms with Crippen LogP contribution in [0.4, 0.5) is 9.59 Å². The first-order valence-corrected chi connectivity index (χ1v) is 9.67. The third-order valence-corrected chi connectivity index (χ3v) is 3.46. The molecular formula is C24H25N3O4. The normalized spacial score (nSPS) is 9.90. The molecule has 160 valence electrons. The van der Waals surface area contributed by atoms with Gasteiger partial charge in [-0.15, -0.1) is 0 Å². The second-order valence-electron chi connectivity index (χ2n) is 7.30. The first-order chi connectivity index (χ1) is 14.8. The molecule has 31 heavy (non-hydrogen) atoms. The minimum absolute atomic E-state index is 0.140. The smallest absolute Gasteiger partial charge is 0.408 e. The molecule has 1 aromatic heterocycles. The quantitative estimate of drug-likeness (QED) is 0.743. The average molecular weight is 419 g/mol. The molecule has 2 rings (SSSR count). The fraction of sp³-hybridized carbons (Fsp3) is 0.292. The Morgan fingerprint density at radius 2 is 1.65 bits per heavy atom. The summed E-state index contributed by atoms with van der Waals surface area (Å²) in [6.07, 6.45) is 0.540. The van der Waals surface area contributed by atoms with E-state index in [0.29, 0.717) is 11.3 Å². The van der Waals surface area contributed by atoms with Crippen LogP contribution in [0.3, 0.4) is 0 Å². The zero-order chi connectivity index (χ0) is 22.5. The molecule has 1 aromatic carbocycles. The van der Waals surface area contributed by atoms with E-state index in [0.717, 1.165) is 5.56 Å². The van der Waals surface area contributed by atoms with Gasteiger partial charge in [0.25, 0.3) is 0 Å². The predicted molar refractivity (Wildman–Crippen MR) is 117 cm³/mol. The molecule has 2 amide bonds. The van der Waals surface area contributed by atoms with Gasteiger partial charge >= 0.3 is 12.2 Å². The average Bonchev–Trinajstić information content (AvgIpc) is 2.73. The molecule has 0 spiro atoms. The fourth-order valence-electron chi connectivity index (χ4n) is 2.18. The van der Waals surface area contributed by atoms with Crippen LogP contribution in [0.2, 0.25) is 0 Å². The van der Waals surface area contributed by atoms with Crippen LogP contribution in [0.5, 0.6) is 0 Å². The molecule has 0 aliphatic rings. The summed E-state index contributed by atoms with van der Waals surface area (Å²) in [4.78, 5) is 27.4. The lowest BCUT2D eigenvalue weighted by Crippen LogP contribution is -2.32. The summed E-state index contributed by atoms with van der Waals surface area (Å²) in [6.45, 7) is 5.86. The summed E-state index contributed by atoms with van der Waals surface area (Å²) in [5.74, 6) is 11.4. The highest BCUT2D eigenvalue weighted by Gasteiger charge is 2.15. The van der Waals surface area contributed by atoms with Gasteiger partial charge in [-0.1, -0.05) is 48.1 Å². The van der Waals surface area contributed by atoms with E-state index in [1.165, 1.54) is 0 Å². The molecule has 2 N–H and O–H groups in total. The van der Waals surface area contributed by atoms with Crippen molar-refractivity contribution < 1.29 is 19.1 Å². The van der Waals surface area contributed by atoms with Crippen molar-refractivity contribution in [2.75, 3.05) is 13.1 Å². The van der Waals surface area contributed by atoms with Crippen LogP contribution in [0, 0.1) is 23.7 Å². The van der Waals surface area contributed by atoms with Crippen LogP contribution in [0.15, 0.2) is 48.7 Å². The first kappa shape index (κ1) is 23.3. The summed E-state index contributed by atoms with van der Waals surface area (Å²) in [5, 5.41) is 5.13. The molecule has 7 nitrogen and oxygen atoms in total. The van der Waals surface area contributed by atoms with Gasteiger partial charge in [0, 0.05) is 11.8 Å². The number of alkyl carbamates (subject to hydrolysis) is 2. The van der Waals surface area contributed by atoms with Crippen molar-refractivity contribution in [1.29, 1.82) is 0 Å². The molecule has 0 bridgehead atoms. The number of carbonyl (C=O) groups excluding carboxylic acids is 2. The minimum atomic E-state index is -0.556. The molecule has 0 unspecified atom stereocenters. The standard InChI is InChI=1S/C24H25N3O4/c1-24(2,3)31-23(29)27-15-8-12-21-17-19(13-16-25-21)11-7-14-26-22(28)30-18-20-9-5-4-6-10-20/h4-6,9-10,13,16-17H,14-15,18H2,1-3H3,(H,26,28)(H,27,29). The highest BCUT2D eigenvalue weighted by atomic mass is 16.6. The number of aromatic nitrogens is 1. The maximum Gasteiger partial charge on any atom is 0.408 e. The number of carbonyl (C=O) groups is 2. The van der Waals surface area contributed by atoms with E-state index in [9.17, 15) is 9.59 Å². The Morgan fingerprint density at radius 1 is 0.968 bits per heavy atom. The highest BCUT2D eigenvalue weighted by molar-refractivity contribution is 5.68. The van der Waals surface area contributed by atoms with Gasteiger partial charge in [-0.25, -0.2) is 14.6 Å². The number of ether oxygens (including phenoxy) is 2. The number of nitrogens with zero attached hydrogens (tertiary/aromatic N) is 1. The van der Waals surface area contributed by atoms with E-state index in [4.69, 9.17) is 9.47 Å².